The monoisotopic (exact) mass is 230 g/mol. The summed E-state index contributed by atoms with van der Waals surface area (Å²) >= 11 is 0. The second-order valence-electron chi connectivity index (χ2n) is 2.82. The second-order valence-corrected chi connectivity index (χ2v) is 4.68. The van der Waals surface area contributed by atoms with Crippen molar-refractivity contribution in [3.05, 3.63) is 5.82 Å². The van der Waals surface area contributed by atoms with Gasteiger partial charge in [-0.3, -0.25) is 0 Å². The summed E-state index contributed by atoms with van der Waals surface area (Å²) in [6.07, 6.45) is 0.193. The Kier molecular flexibility index (Phi) is 3.26. The van der Waals surface area contributed by atoms with E-state index in [0.29, 0.717) is 5.82 Å². The molecule has 8 heteroatoms. The quantitative estimate of drug-likeness (QED) is 0.802. The molecule has 1 unspecified atom stereocenters. The fourth-order valence-electron chi connectivity index (χ4n) is 0.911. The molecule has 7 nitrogen and oxygen atoms in total. The molecular formula is C7H10N4O3S. The molecule has 0 spiro atoms. The lowest BCUT2D eigenvalue weighted by Crippen LogP contribution is -2.26. The Morgan fingerprint density at radius 1 is 1.67 bits per heavy atom. The van der Waals surface area contributed by atoms with E-state index in [9.17, 15) is 8.42 Å². The van der Waals surface area contributed by atoms with Gasteiger partial charge in [-0.1, -0.05) is 12.1 Å². The molecule has 0 aromatic carbocycles. The van der Waals surface area contributed by atoms with E-state index >= 15 is 0 Å². The van der Waals surface area contributed by atoms with Crippen LogP contribution in [0.5, 0.6) is 0 Å². The Morgan fingerprint density at radius 2 is 2.33 bits per heavy atom. The minimum absolute atomic E-state index is 0.193. The lowest BCUT2D eigenvalue weighted by atomic mass is 10.4. The van der Waals surface area contributed by atoms with Gasteiger partial charge in [0.05, 0.1) is 6.07 Å². The molecule has 0 fully saturated rings. The van der Waals surface area contributed by atoms with Crippen LogP contribution in [-0.4, -0.2) is 23.8 Å². The van der Waals surface area contributed by atoms with Gasteiger partial charge in [0.2, 0.25) is 0 Å². The van der Waals surface area contributed by atoms with Crippen LogP contribution in [0.4, 0.5) is 6.01 Å². The number of hydrogen-bond acceptors (Lipinski definition) is 6. The van der Waals surface area contributed by atoms with Gasteiger partial charge in [-0.05, 0) is 13.3 Å². The first-order chi connectivity index (χ1) is 6.99. The summed E-state index contributed by atoms with van der Waals surface area (Å²) < 4.78 is 29.6. The lowest BCUT2D eigenvalue weighted by Gasteiger charge is -2.06. The van der Waals surface area contributed by atoms with Crippen molar-refractivity contribution in [3.63, 3.8) is 0 Å². The number of rotatable bonds is 4. The summed E-state index contributed by atoms with van der Waals surface area (Å²) in [5.74, 6) is 0.317. The minimum Gasteiger partial charge on any atom is -0.314 e. The second kappa shape index (κ2) is 4.27. The third-order valence-electron chi connectivity index (χ3n) is 1.65. The van der Waals surface area contributed by atoms with E-state index in [2.05, 4.69) is 19.4 Å². The maximum Gasteiger partial charge on any atom is 0.335 e. The Balaban J connectivity index is 2.86. The highest BCUT2D eigenvalue weighted by molar-refractivity contribution is 7.93. The predicted molar refractivity (Wildman–Crippen MR) is 51.3 cm³/mol. The van der Waals surface area contributed by atoms with Gasteiger partial charge in [0.1, 0.15) is 0 Å². The molecule has 0 radical (unpaired) electrons. The number of anilines is 1. The normalized spacial score (nSPS) is 13.1. The molecule has 1 atom stereocenters. The Hall–Kier alpha value is -1.62. The summed E-state index contributed by atoms with van der Waals surface area (Å²) in [4.78, 5) is 3.67. The van der Waals surface area contributed by atoms with Gasteiger partial charge in [0.25, 0.3) is 10.0 Å². The smallest absolute Gasteiger partial charge is 0.314 e. The molecule has 0 saturated carbocycles. The van der Waals surface area contributed by atoms with Crippen LogP contribution in [0, 0.1) is 18.3 Å². The van der Waals surface area contributed by atoms with Crippen molar-refractivity contribution < 1.29 is 12.9 Å². The lowest BCUT2D eigenvalue weighted by molar-refractivity contribution is 0.429. The molecule has 1 aromatic heterocycles. The van der Waals surface area contributed by atoms with Gasteiger partial charge in [-0.2, -0.15) is 10.2 Å². The highest BCUT2D eigenvalue weighted by Gasteiger charge is 2.25. The summed E-state index contributed by atoms with van der Waals surface area (Å²) in [5.41, 5.74) is 0. The Morgan fingerprint density at radius 3 is 2.73 bits per heavy atom. The van der Waals surface area contributed by atoms with Crippen molar-refractivity contribution in [1.82, 2.24) is 10.1 Å². The summed E-state index contributed by atoms with van der Waals surface area (Å²) in [6, 6.07) is 1.46. The van der Waals surface area contributed by atoms with E-state index in [1.807, 2.05) is 0 Å². The van der Waals surface area contributed by atoms with Gasteiger partial charge in [0.15, 0.2) is 11.1 Å². The summed E-state index contributed by atoms with van der Waals surface area (Å²) in [7, 11) is -3.77. The molecule has 1 aromatic rings. The largest absolute Gasteiger partial charge is 0.335 e. The average molecular weight is 230 g/mol. The number of nitrogens with one attached hydrogen (secondary N) is 1. The van der Waals surface area contributed by atoms with Crippen molar-refractivity contribution >= 4 is 16.0 Å². The highest BCUT2D eigenvalue weighted by Crippen LogP contribution is 2.10. The van der Waals surface area contributed by atoms with Gasteiger partial charge in [-0.25, -0.2) is 13.1 Å². The Bertz CT molecular complexity index is 473. The van der Waals surface area contributed by atoms with Crippen molar-refractivity contribution in [2.45, 2.75) is 25.5 Å². The van der Waals surface area contributed by atoms with E-state index < -0.39 is 15.3 Å². The van der Waals surface area contributed by atoms with Crippen LogP contribution in [0.3, 0.4) is 0 Å². The van der Waals surface area contributed by atoms with E-state index in [4.69, 9.17) is 5.26 Å². The highest BCUT2D eigenvalue weighted by atomic mass is 32.2. The van der Waals surface area contributed by atoms with Gasteiger partial charge >= 0.3 is 6.01 Å². The molecule has 0 bridgehead atoms. The first-order valence-corrected chi connectivity index (χ1v) is 5.75. The number of aromatic nitrogens is 2. The number of hydrogen-bond donors (Lipinski definition) is 1. The van der Waals surface area contributed by atoms with E-state index in [1.165, 1.54) is 0 Å². The van der Waals surface area contributed by atoms with Crippen LogP contribution in [0.15, 0.2) is 4.52 Å². The molecule has 1 heterocycles. The van der Waals surface area contributed by atoms with E-state index in [1.54, 1.807) is 19.9 Å². The van der Waals surface area contributed by atoms with Crippen molar-refractivity contribution in [3.8, 4) is 6.07 Å². The van der Waals surface area contributed by atoms with Crippen LogP contribution in [0.2, 0.25) is 0 Å². The molecule has 1 N–H and O–H groups in total. The first kappa shape index (κ1) is 11.5. The van der Waals surface area contributed by atoms with Crippen LogP contribution in [0.25, 0.3) is 0 Å². The zero-order valence-corrected chi connectivity index (χ0v) is 9.08. The van der Waals surface area contributed by atoms with Crippen molar-refractivity contribution in [2.24, 2.45) is 0 Å². The number of nitrogens with zero attached hydrogens (tertiary/aromatic N) is 3. The van der Waals surface area contributed by atoms with E-state index in [0.717, 1.165) is 0 Å². The number of nitriles is 1. The number of sulfonamides is 1. The summed E-state index contributed by atoms with van der Waals surface area (Å²) in [6.45, 7) is 3.16. The fraction of sp³-hybridized carbons (Fsp3) is 0.571. The first-order valence-electron chi connectivity index (χ1n) is 4.21. The number of aryl methyl sites for hydroxylation is 1. The van der Waals surface area contributed by atoms with Crippen LogP contribution < -0.4 is 4.72 Å². The zero-order valence-electron chi connectivity index (χ0n) is 8.26. The van der Waals surface area contributed by atoms with E-state index in [-0.39, 0.29) is 12.4 Å². The molecule has 0 saturated heterocycles. The molecule has 1 rings (SSSR count). The SMILES string of the molecule is CCC(C#N)S(=O)(=O)Nc1nc(C)no1. The predicted octanol–water partition coefficient (Wildman–Crippen LogP) is 0.422. The third kappa shape index (κ3) is 2.66. The Labute approximate surface area is 87.1 Å². The zero-order chi connectivity index (χ0) is 11.5. The standard InChI is InChI=1S/C7H10N4O3S/c1-3-6(4-8)15(12,13)11-7-9-5(2)10-14-7/h6H,3H2,1-2H3,(H,9,10,11). The van der Waals surface area contributed by atoms with Gasteiger partial charge in [0, 0.05) is 0 Å². The van der Waals surface area contributed by atoms with Gasteiger partial charge in [-0.15, -0.1) is 0 Å². The maximum absolute atomic E-state index is 11.5. The molecular weight excluding hydrogens is 220 g/mol. The third-order valence-corrected chi connectivity index (χ3v) is 3.29. The maximum atomic E-state index is 11.5. The molecule has 82 valence electrons. The molecule has 0 aliphatic carbocycles. The average Bonchev–Trinajstić information content (AvgIpc) is 2.51. The molecule has 0 amide bonds. The molecule has 0 aliphatic heterocycles. The fourth-order valence-corrected chi connectivity index (χ4v) is 1.96. The van der Waals surface area contributed by atoms with Gasteiger partial charge < -0.3 is 4.52 Å². The van der Waals surface area contributed by atoms with Crippen molar-refractivity contribution in [1.29, 1.82) is 5.26 Å². The van der Waals surface area contributed by atoms with Crippen molar-refractivity contribution in [2.75, 3.05) is 4.72 Å². The molecule has 0 aliphatic rings. The van der Waals surface area contributed by atoms with Crippen LogP contribution in [-0.2, 0) is 10.0 Å². The molecule has 15 heavy (non-hydrogen) atoms. The van der Waals surface area contributed by atoms with Crippen LogP contribution in [0.1, 0.15) is 19.2 Å². The minimum atomic E-state index is -3.77. The summed E-state index contributed by atoms with van der Waals surface area (Å²) in [5, 5.41) is 10.9. The topological polar surface area (TPSA) is 109 Å². The van der Waals surface area contributed by atoms with Crippen LogP contribution >= 0.6 is 0 Å².